The Kier molecular flexibility index (Phi) is 1.91. The SMILES string of the molecule is O=CC1CC1c1cccc2c1OCCO2. The van der Waals surface area contributed by atoms with Crippen LogP contribution >= 0.6 is 0 Å². The van der Waals surface area contributed by atoms with Gasteiger partial charge in [-0.25, -0.2) is 0 Å². The third-order valence-electron chi connectivity index (χ3n) is 3.01. The molecule has 1 heterocycles. The number of fused-ring (bicyclic) bond motifs is 1. The standard InChI is InChI=1S/C12H12O3/c13-7-8-6-10(8)9-2-1-3-11-12(9)15-5-4-14-11/h1-3,7-8,10H,4-6H2. The van der Waals surface area contributed by atoms with E-state index >= 15 is 0 Å². The fourth-order valence-corrected chi connectivity index (χ4v) is 2.11. The largest absolute Gasteiger partial charge is 0.486 e. The molecule has 78 valence electrons. The summed E-state index contributed by atoms with van der Waals surface area (Å²) in [7, 11) is 0. The van der Waals surface area contributed by atoms with E-state index in [2.05, 4.69) is 0 Å². The highest BCUT2D eigenvalue weighted by Gasteiger charge is 2.40. The summed E-state index contributed by atoms with van der Waals surface area (Å²) < 4.78 is 11.1. The predicted octanol–water partition coefficient (Wildman–Crippen LogP) is 1.76. The summed E-state index contributed by atoms with van der Waals surface area (Å²) in [6.45, 7) is 1.21. The number of hydrogen-bond acceptors (Lipinski definition) is 3. The molecule has 0 amide bonds. The lowest BCUT2D eigenvalue weighted by molar-refractivity contribution is -0.108. The maximum absolute atomic E-state index is 10.6. The number of aldehydes is 1. The van der Waals surface area contributed by atoms with Crippen LogP contribution in [0.1, 0.15) is 17.9 Å². The topological polar surface area (TPSA) is 35.5 Å². The van der Waals surface area contributed by atoms with E-state index in [-0.39, 0.29) is 5.92 Å². The van der Waals surface area contributed by atoms with Gasteiger partial charge in [0.2, 0.25) is 0 Å². The Morgan fingerprint density at radius 1 is 1.27 bits per heavy atom. The molecule has 0 aromatic heterocycles. The number of rotatable bonds is 2. The molecule has 15 heavy (non-hydrogen) atoms. The minimum Gasteiger partial charge on any atom is -0.486 e. The van der Waals surface area contributed by atoms with Gasteiger partial charge in [0.25, 0.3) is 0 Å². The van der Waals surface area contributed by atoms with Crippen molar-refractivity contribution in [3.05, 3.63) is 23.8 Å². The zero-order valence-corrected chi connectivity index (χ0v) is 8.31. The van der Waals surface area contributed by atoms with Gasteiger partial charge in [0.05, 0.1) is 0 Å². The summed E-state index contributed by atoms with van der Waals surface area (Å²) in [5, 5.41) is 0. The third kappa shape index (κ3) is 1.39. The first-order valence-electron chi connectivity index (χ1n) is 5.24. The van der Waals surface area contributed by atoms with E-state index in [0.717, 1.165) is 29.8 Å². The van der Waals surface area contributed by atoms with Crippen molar-refractivity contribution in [1.82, 2.24) is 0 Å². The van der Waals surface area contributed by atoms with Gasteiger partial charge in [-0.05, 0) is 18.4 Å². The van der Waals surface area contributed by atoms with Crippen molar-refractivity contribution in [2.24, 2.45) is 5.92 Å². The van der Waals surface area contributed by atoms with Gasteiger partial charge in [-0.3, -0.25) is 0 Å². The lowest BCUT2D eigenvalue weighted by Crippen LogP contribution is -2.16. The van der Waals surface area contributed by atoms with Crippen LogP contribution in [0.2, 0.25) is 0 Å². The molecule has 1 fully saturated rings. The first-order chi connectivity index (χ1) is 7.40. The van der Waals surface area contributed by atoms with Crippen LogP contribution < -0.4 is 9.47 Å². The van der Waals surface area contributed by atoms with Crippen LogP contribution in [0.3, 0.4) is 0 Å². The van der Waals surface area contributed by atoms with Crippen molar-refractivity contribution in [1.29, 1.82) is 0 Å². The Morgan fingerprint density at radius 3 is 2.93 bits per heavy atom. The predicted molar refractivity (Wildman–Crippen MR) is 54.3 cm³/mol. The first-order valence-corrected chi connectivity index (χ1v) is 5.24. The smallest absolute Gasteiger partial charge is 0.164 e. The quantitative estimate of drug-likeness (QED) is 0.688. The van der Waals surface area contributed by atoms with Crippen molar-refractivity contribution < 1.29 is 14.3 Å². The molecule has 2 unspecified atom stereocenters. The van der Waals surface area contributed by atoms with Crippen molar-refractivity contribution in [3.8, 4) is 11.5 Å². The van der Waals surface area contributed by atoms with Crippen molar-refractivity contribution >= 4 is 6.29 Å². The Balaban J connectivity index is 1.97. The Labute approximate surface area is 88.0 Å². The molecule has 2 atom stereocenters. The number of para-hydroxylation sites is 1. The highest BCUT2D eigenvalue weighted by Crippen LogP contribution is 2.51. The monoisotopic (exact) mass is 204 g/mol. The number of carbonyl (C=O) groups excluding carboxylic acids is 1. The molecule has 0 bridgehead atoms. The second-order valence-electron chi connectivity index (χ2n) is 4.01. The normalized spacial score (nSPS) is 27.2. The highest BCUT2D eigenvalue weighted by molar-refractivity contribution is 5.63. The molecule has 0 radical (unpaired) electrons. The van der Waals surface area contributed by atoms with E-state index in [4.69, 9.17) is 9.47 Å². The second kappa shape index (κ2) is 3.26. The fourth-order valence-electron chi connectivity index (χ4n) is 2.11. The molecule has 3 nitrogen and oxygen atoms in total. The van der Waals surface area contributed by atoms with Gasteiger partial charge in [-0.1, -0.05) is 12.1 Å². The Bertz CT molecular complexity index is 400. The average molecular weight is 204 g/mol. The molecule has 3 rings (SSSR count). The van der Waals surface area contributed by atoms with E-state index in [0.29, 0.717) is 19.1 Å². The van der Waals surface area contributed by atoms with E-state index in [1.807, 2.05) is 18.2 Å². The van der Waals surface area contributed by atoms with Crippen molar-refractivity contribution in [2.75, 3.05) is 13.2 Å². The summed E-state index contributed by atoms with van der Waals surface area (Å²) in [5.41, 5.74) is 1.13. The van der Waals surface area contributed by atoms with Crippen LogP contribution in [0.25, 0.3) is 0 Å². The van der Waals surface area contributed by atoms with Gasteiger partial charge in [0.15, 0.2) is 11.5 Å². The first kappa shape index (κ1) is 8.77. The lowest BCUT2D eigenvalue weighted by Gasteiger charge is -2.20. The molecular weight excluding hydrogens is 192 g/mol. The summed E-state index contributed by atoms with van der Waals surface area (Å²) >= 11 is 0. The van der Waals surface area contributed by atoms with Crippen LogP contribution in [-0.4, -0.2) is 19.5 Å². The number of carbonyl (C=O) groups is 1. The molecule has 1 saturated carbocycles. The van der Waals surface area contributed by atoms with E-state index in [9.17, 15) is 4.79 Å². The van der Waals surface area contributed by atoms with Gasteiger partial charge in [-0.15, -0.1) is 0 Å². The number of benzene rings is 1. The van der Waals surface area contributed by atoms with Gasteiger partial charge < -0.3 is 14.3 Å². The summed E-state index contributed by atoms with van der Waals surface area (Å²) in [4.78, 5) is 10.6. The van der Waals surface area contributed by atoms with Crippen LogP contribution in [-0.2, 0) is 4.79 Å². The van der Waals surface area contributed by atoms with Gasteiger partial charge in [0, 0.05) is 11.5 Å². The van der Waals surface area contributed by atoms with E-state index < -0.39 is 0 Å². The average Bonchev–Trinajstić information content (AvgIpc) is 3.07. The summed E-state index contributed by atoms with van der Waals surface area (Å²) in [6, 6.07) is 5.90. The number of ether oxygens (including phenoxy) is 2. The number of hydrogen-bond donors (Lipinski definition) is 0. The molecule has 0 spiro atoms. The van der Waals surface area contributed by atoms with Gasteiger partial charge in [0.1, 0.15) is 19.5 Å². The highest BCUT2D eigenvalue weighted by atomic mass is 16.6. The van der Waals surface area contributed by atoms with Crippen LogP contribution in [0, 0.1) is 5.92 Å². The maximum atomic E-state index is 10.6. The molecule has 1 aliphatic carbocycles. The molecule has 2 aliphatic rings. The van der Waals surface area contributed by atoms with Crippen LogP contribution in [0.15, 0.2) is 18.2 Å². The van der Waals surface area contributed by atoms with E-state index in [1.54, 1.807) is 0 Å². The zero-order chi connectivity index (χ0) is 10.3. The third-order valence-corrected chi connectivity index (χ3v) is 3.01. The molecule has 0 N–H and O–H groups in total. The van der Waals surface area contributed by atoms with Crippen molar-refractivity contribution in [2.45, 2.75) is 12.3 Å². The van der Waals surface area contributed by atoms with Crippen molar-refractivity contribution in [3.63, 3.8) is 0 Å². The second-order valence-corrected chi connectivity index (χ2v) is 4.01. The zero-order valence-electron chi connectivity index (χ0n) is 8.31. The fraction of sp³-hybridized carbons (Fsp3) is 0.417. The van der Waals surface area contributed by atoms with Crippen LogP contribution in [0.5, 0.6) is 11.5 Å². The molecule has 1 aliphatic heterocycles. The van der Waals surface area contributed by atoms with Crippen LogP contribution in [0.4, 0.5) is 0 Å². The van der Waals surface area contributed by atoms with Gasteiger partial charge in [-0.2, -0.15) is 0 Å². The molecule has 0 saturated heterocycles. The molecule has 1 aromatic rings. The van der Waals surface area contributed by atoms with E-state index in [1.165, 1.54) is 0 Å². The molecule has 1 aromatic carbocycles. The minimum atomic E-state index is 0.182. The van der Waals surface area contributed by atoms with Gasteiger partial charge >= 0.3 is 0 Å². The Hall–Kier alpha value is -1.51. The minimum absolute atomic E-state index is 0.182. The lowest BCUT2D eigenvalue weighted by atomic mass is 10.1. The summed E-state index contributed by atoms with van der Waals surface area (Å²) in [6.07, 6.45) is 1.98. The summed E-state index contributed by atoms with van der Waals surface area (Å²) in [5.74, 6) is 2.19. The molecule has 3 heteroatoms. The molecular formula is C12H12O3. The maximum Gasteiger partial charge on any atom is 0.164 e. The Morgan fingerprint density at radius 2 is 2.13 bits per heavy atom.